The molecule has 0 radical (unpaired) electrons. The van der Waals surface area contributed by atoms with E-state index in [1.54, 1.807) is 36.9 Å². The van der Waals surface area contributed by atoms with Crippen LogP contribution in [0.5, 0.6) is 0 Å². The van der Waals surface area contributed by atoms with E-state index in [1.807, 2.05) is 12.1 Å². The van der Waals surface area contributed by atoms with Gasteiger partial charge < -0.3 is 16.0 Å². The number of nitrogens with zero attached hydrogens (tertiary/aromatic N) is 3. The van der Waals surface area contributed by atoms with Crippen molar-refractivity contribution in [2.75, 3.05) is 13.1 Å². The number of hydrogen-bond acceptors (Lipinski definition) is 5. The predicted octanol–water partition coefficient (Wildman–Crippen LogP) is 0.0803. The van der Waals surface area contributed by atoms with Crippen LogP contribution >= 0.6 is 0 Å². The van der Waals surface area contributed by atoms with Gasteiger partial charge in [0.05, 0.1) is 13.1 Å². The van der Waals surface area contributed by atoms with Crippen LogP contribution in [0.2, 0.25) is 0 Å². The summed E-state index contributed by atoms with van der Waals surface area (Å²) in [5, 5.41) is 3.06. The molecule has 2 heterocycles. The number of carbonyl (C=O) groups excluding carboxylic acids is 2. The summed E-state index contributed by atoms with van der Waals surface area (Å²) in [5.74, 6) is -0.726. The molecule has 0 unspecified atom stereocenters. The molecule has 2 aromatic rings. The van der Waals surface area contributed by atoms with Crippen LogP contribution in [0.1, 0.15) is 11.1 Å². The Hall–Kier alpha value is -2.80. The second-order valence-electron chi connectivity index (χ2n) is 5.03. The molecular formula is C16H19N5O2. The lowest BCUT2D eigenvalue weighted by molar-refractivity contribution is -0.135. The van der Waals surface area contributed by atoms with E-state index < -0.39 is 5.91 Å². The van der Waals surface area contributed by atoms with Gasteiger partial charge in [-0.2, -0.15) is 0 Å². The Morgan fingerprint density at radius 3 is 2.13 bits per heavy atom. The van der Waals surface area contributed by atoms with Crippen molar-refractivity contribution >= 4 is 11.8 Å². The summed E-state index contributed by atoms with van der Waals surface area (Å²) in [4.78, 5) is 32.8. The molecule has 0 saturated carbocycles. The van der Waals surface area contributed by atoms with Crippen molar-refractivity contribution < 1.29 is 9.59 Å². The number of hydrogen-bond donors (Lipinski definition) is 2. The van der Waals surface area contributed by atoms with Crippen LogP contribution in [0.4, 0.5) is 0 Å². The summed E-state index contributed by atoms with van der Waals surface area (Å²) in [7, 11) is 0. The summed E-state index contributed by atoms with van der Waals surface area (Å²) < 4.78 is 0. The first-order valence-electron chi connectivity index (χ1n) is 7.20. The minimum absolute atomic E-state index is 0.113. The fourth-order valence-electron chi connectivity index (χ4n) is 2.06. The molecule has 0 atom stereocenters. The molecule has 0 aliphatic carbocycles. The van der Waals surface area contributed by atoms with Crippen molar-refractivity contribution in [3.05, 3.63) is 60.2 Å². The number of primary amides is 1. The van der Waals surface area contributed by atoms with Crippen LogP contribution in [0.3, 0.4) is 0 Å². The summed E-state index contributed by atoms with van der Waals surface area (Å²) in [6.45, 7) is 0.883. The number of nitrogens with one attached hydrogen (secondary N) is 1. The number of rotatable bonds is 8. The lowest BCUT2D eigenvalue weighted by Crippen LogP contribution is -2.42. The maximum atomic E-state index is 12.3. The van der Waals surface area contributed by atoms with Gasteiger partial charge in [-0.05, 0) is 35.4 Å². The van der Waals surface area contributed by atoms with E-state index in [2.05, 4.69) is 15.3 Å². The topological polar surface area (TPSA) is 101 Å². The van der Waals surface area contributed by atoms with Crippen LogP contribution in [0.25, 0.3) is 0 Å². The molecule has 3 N–H and O–H groups in total. The number of pyridine rings is 2. The molecule has 120 valence electrons. The van der Waals surface area contributed by atoms with E-state index in [4.69, 9.17) is 5.73 Å². The van der Waals surface area contributed by atoms with Gasteiger partial charge >= 0.3 is 0 Å². The highest BCUT2D eigenvalue weighted by molar-refractivity contribution is 5.84. The van der Waals surface area contributed by atoms with Crippen molar-refractivity contribution in [2.24, 2.45) is 5.73 Å². The van der Waals surface area contributed by atoms with E-state index in [0.717, 1.165) is 11.1 Å². The maximum Gasteiger partial charge on any atom is 0.237 e. The van der Waals surface area contributed by atoms with E-state index in [-0.39, 0.29) is 19.0 Å². The van der Waals surface area contributed by atoms with Crippen molar-refractivity contribution in [3.63, 3.8) is 0 Å². The highest BCUT2D eigenvalue weighted by Crippen LogP contribution is 2.03. The highest BCUT2D eigenvalue weighted by atomic mass is 16.2. The second-order valence-corrected chi connectivity index (χ2v) is 5.03. The Bertz CT molecular complexity index is 633. The van der Waals surface area contributed by atoms with E-state index in [0.29, 0.717) is 13.1 Å². The molecule has 0 aliphatic heterocycles. The molecule has 23 heavy (non-hydrogen) atoms. The maximum absolute atomic E-state index is 12.3. The van der Waals surface area contributed by atoms with Gasteiger partial charge in [0.1, 0.15) is 0 Å². The van der Waals surface area contributed by atoms with Gasteiger partial charge in [0.15, 0.2) is 0 Å². The normalized spacial score (nSPS) is 10.3. The minimum atomic E-state index is -0.540. The molecule has 0 spiro atoms. The summed E-state index contributed by atoms with van der Waals surface area (Å²) >= 11 is 0. The average molecular weight is 313 g/mol. The van der Waals surface area contributed by atoms with Gasteiger partial charge in [-0.1, -0.05) is 0 Å². The van der Waals surface area contributed by atoms with Crippen LogP contribution < -0.4 is 11.1 Å². The number of carbonyl (C=O) groups is 2. The Kier molecular flexibility index (Phi) is 6.19. The first kappa shape index (κ1) is 16.6. The van der Waals surface area contributed by atoms with Gasteiger partial charge in [-0.15, -0.1) is 0 Å². The SMILES string of the molecule is NC(=O)CN(Cc1ccncc1)C(=O)CNCc1ccncc1. The van der Waals surface area contributed by atoms with Crippen molar-refractivity contribution in [1.82, 2.24) is 20.2 Å². The predicted molar refractivity (Wildman–Crippen MR) is 84.8 cm³/mol. The van der Waals surface area contributed by atoms with Gasteiger partial charge in [-0.3, -0.25) is 19.6 Å². The quantitative estimate of drug-likeness (QED) is 0.719. The van der Waals surface area contributed by atoms with Gasteiger partial charge in [-0.25, -0.2) is 0 Å². The zero-order valence-electron chi connectivity index (χ0n) is 12.7. The van der Waals surface area contributed by atoms with Gasteiger partial charge in [0.25, 0.3) is 0 Å². The lowest BCUT2D eigenvalue weighted by Gasteiger charge is -2.21. The van der Waals surface area contributed by atoms with Crippen LogP contribution in [0, 0.1) is 0 Å². The molecule has 0 aliphatic rings. The fourth-order valence-corrected chi connectivity index (χ4v) is 2.06. The molecule has 2 amide bonds. The van der Waals surface area contributed by atoms with E-state index >= 15 is 0 Å². The Labute approximate surface area is 134 Å². The molecule has 7 heteroatoms. The Balaban J connectivity index is 1.89. The second kappa shape index (κ2) is 8.60. The Morgan fingerprint density at radius 2 is 1.57 bits per heavy atom. The van der Waals surface area contributed by atoms with Gasteiger partial charge in [0, 0.05) is 37.9 Å². The van der Waals surface area contributed by atoms with Crippen molar-refractivity contribution in [3.8, 4) is 0 Å². The monoisotopic (exact) mass is 313 g/mol. The van der Waals surface area contributed by atoms with Gasteiger partial charge in [0.2, 0.25) is 11.8 Å². The third-order valence-electron chi connectivity index (χ3n) is 3.18. The molecule has 0 bridgehead atoms. The zero-order chi connectivity index (χ0) is 16.5. The summed E-state index contributed by atoms with van der Waals surface area (Å²) in [5.41, 5.74) is 7.16. The number of amides is 2. The molecule has 0 saturated heterocycles. The molecule has 2 aromatic heterocycles. The largest absolute Gasteiger partial charge is 0.368 e. The molecule has 2 rings (SSSR count). The number of nitrogens with two attached hydrogens (primary N) is 1. The molecule has 0 fully saturated rings. The van der Waals surface area contributed by atoms with E-state index in [1.165, 1.54) is 4.90 Å². The minimum Gasteiger partial charge on any atom is -0.368 e. The van der Waals surface area contributed by atoms with E-state index in [9.17, 15) is 9.59 Å². The summed E-state index contributed by atoms with van der Waals surface area (Å²) in [6, 6.07) is 7.34. The number of aromatic nitrogens is 2. The zero-order valence-corrected chi connectivity index (χ0v) is 12.7. The lowest BCUT2D eigenvalue weighted by atomic mass is 10.2. The Morgan fingerprint density at radius 1 is 1.00 bits per heavy atom. The average Bonchev–Trinajstić information content (AvgIpc) is 2.56. The molecular weight excluding hydrogens is 294 g/mol. The molecule has 7 nitrogen and oxygen atoms in total. The standard InChI is InChI=1S/C16H19N5O2/c17-15(22)12-21(11-14-3-7-19-8-4-14)16(23)10-20-9-13-1-5-18-6-2-13/h1-8,20H,9-12H2,(H2,17,22). The molecule has 0 aromatic carbocycles. The third kappa shape index (κ3) is 5.84. The fraction of sp³-hybridized carbons (Fsp3) is 0.250. The van der Waals surface area contributed by atoms with Crippen LogP contribution in [-0.4, -0.2) is 39.8 Å². The van der Waals surface area contributed by atoms with Crippen LogP contribution in [0.15, 0.2) is 49.1 Å². The van der Waals surface area contributed by atoms with Crippen molar-refractivity contribution in [2.45, 2.75) is 13.1 Å². The summed E-state index contributed by atoms with van der Waals surface area (Å²) in [6.07, 6.45) is 6.68. The van der Waals surface area contributed by atoms with Crippen molar-refractivity contribution in [1.29, 1.82) is 0 Å². The van der Waals surface area contributed by atoms with Crippen LogP contribution in [-0.2, 0) is 22.7 Å². The first-order chi connectivity index (χ1) is 11.1. The first-order valence-corrected chi connectivity index (χ1v) is 7.20. The smallest absolute Gasteiger partial charge is 0.237 e. The third-order valence-corrected chi connectivity index (χ3v) is 3.18. The highest BCUT2D eigenvalue weighted by Gasteiger charge is 2.15.